The minimum absolute atomic E-state index is 0. The molecule has 128 valence electrons. The average Bonchev–Trinajstić information content (AvgIpc) is 2.94. The number of hydrogen-bond donors (Lipinski definition) is 0. The van der Waals surface area contributed by atoms with Crippen molar-refractivity contribution in [2.45, 2.75) is 51.0 Å². The molecule has 0 unspecified atom stereocenters. The summed E-state index contributed by atoms with van der Waals surface area (Å²) in [5.74, 6) is 2.00. The molecule has 1 aromatic carbocycles. The third kappa shape index (κ3) is 2.28. The van der Waals surface area contributed by atoms with Crippen LogP contribution in [0.3, 0.4) is 0 Å². The van der Waals surface area contributed by atoms with Crippen LogP contribution in [0.1, 0.15) is 54.8 Å². The van der Waals surface area contributed by atoms with E-state index in [1.807, 2.05) is 0 Å². The van der Waals surface area contributed by atoms with Gasteiger partial charge in [-0.2, -0.15) is 0 Å². The molecule has 2 aromatic rings. The Morgan fingerprint density at radius 2 is 1.92 bits per heavy atom. The lowest BCUT2D eigenvalue weighted by atomic mass is 9.83. The summed E-state index contributed by atoms with van der Waals surface area (Å²) in [5, 5.41) is 1.51. The van der Waals surface area contributed by atoms with E-state index in [0.29, 0.717) is 0 Å². The van der Waals surface area contributed by atoms with E-state index in [9.17, 15) is 0 Å². The summed E-state index contributed by atoms with van der Waals surface area (Å²) in [7, 11) is 2.18. The number of benzene rings is 1. The lowest BCUT2D eigenvalue weighted by Gasteiger charge is -2.31. The van der Waals surface area contributed by atoms with Crippen molar-refractivity contribution in [2.75, 3.05) is 20.1 Å². The summed E-state index contributed by atoms with van der Waals surface area (Å²) in [6.45, 7) is 3.10. The first-order chi connectivity index (χ1) is 11.3. The van der Waals surface area contributed by atoms with Crippen molar-refractivity contribution >= 4 is 29.1 Å². The zero-order valence-corrected chi connectivity index (χ0v) is 15.2. The van der Waals surface area contributed by atoms with Gasteiger partial charge in [-0.3, -0.25) is 4.99 Å². The van der Waals surface area contributed by atoms with Crippen LogP contribution in [-0.4, -0.2) is 35.4 Å². The molecule has 0 N–H and O–H groups in total. The molecule has 0 atom stereocenters. The summed E-state index contributed by atoms with van der Waals surface area (Å²) in [6.07, 6.45) is 8.10. The first-order valence-electron chi connectivity index (χ1n) is 9.24. The molecular weight excluding hydrogens is 318 g/mol. The van der Waals surface area contributed by atoms with Crippen molar-refractivity contribution in [3.8, 4) is 0 Å². The second-order valence-electron chi connectivity index (χ2n) is 7.47. The van der Waals surface area contributed by atoms with E-state index in [1.54, 1.807) is 11.1 Å². The van der Waals surface area contributed by atoms with Gasteiger partial charge in [-0.25, -0.2) is 0 Å². The number of aromatic nitrogens is 1. The summed E-state index contributed by atoms with van der Waals surface area (Å²) >= 11 is 0. The Morgan fingerprint density at radius 3 is 2.75 bits per heavy atom. The quantitative estimate of drug-likeness (QED) is 0.753. The van der Waals surface area contributed by atoms with Gasteiger partial charge >= 0.3 is 0 Å². The molecule has 3 nitrogen and oxygen atoms in total. The van der Waals surface area contributed by atoms with E-state index in [-0.39, 0.29) is 12.4 Å². The second-order valence-corrected chi connectivity index (χ2v) is 7.47. The maximum atomic E-state index is 4.81. The van der Waals surface area contributed by atoms with Gasteiger partial charge in [-0.15, -0.1) is 12.4 Å². The standard InChI is InChI=1S/C20H25N3.ClH/c1-22-11-12-23-18-8-7-15(14-5-3-2-4-6-14)13-17(18)16-9-10-21-20(22)19(16)23;/h7-8,13-14H,2-6,9-12H2,1H3;1H. The smallest absolute Gasteiger partial charge is 0.148 e. The molecule has 0 amide bonds. The van der Waals surface area contributed by atoms with Gasteiger partial charge in [0.1, 0.15) is 5.84 Å². The van der Waals surface area contributed by atoms with Gasteiger partial charge in [-0.1, -0.05) is 25.3 Å². The van der Waals surface area contributed by atoms with E-state index in [1.165, 1.54) is 54.5 Å². The normalized spacial score (nSPS) is 20.5. The van der Waals surface area contributed by atoms with Crippen molar-refractivity contribution < 1.29 is 0 Å². The Hall–Kier alpha value is -1.48. The second kappa shape index (κ2) is 6.11. The molecule has 4 heteroatoms. The van der Waals surface area contributed by atoms with E-state index in [2.05, 4.69) is 34.7 Å². The molecule has 1 saturated carbocycles. The molecule has 1 fully saturated rings. The van der Waals surface area contributed by atoms with Gasteiger partial charge in [0.15, 0.2) is 0 Å². The molecule has 1 aliphatic carbocycles. The Bertz CT molecular complexity index is 799. The van der Waals surface area contributed by atoms with Gasteiger partial charge in [-0.05, 0) is 48.4 Å². The van der Waals surface area contributed by atoms with Gasteiger partial charge in [0.25, 0.3) is 0 Å². The Morgan fingerprint density at radius 1 is 1.08 bits per heavy atom. The molecule has 0 radical (unpaired) electrons. The van der Waals surface area contributed by atoms with Gasteiger partial charge in [0, 0.05) is 37.6 Å². The first kappa shape index (κ1) is 16.0. The monoisotopic (exact) mass is 343 g/mol. The lowest BCUT2D eigenvalue weighted by molar-refractivity contribution is 0.434. The van der Waals surface area contributed by atoms with Crippen molar-refractivity contribution in [1.29, 1.82) is 0 Å². The highest BCUT2D eigenvalue weighted by atomic mass is 35.5. The van der Waals surface area contributed by atoms with E-state index in [0.717, 1.165) is 32.0 Å². The molecule has 0 bridgehead atoms. The van der Waals surface area contributed by atoms with Crippen LogP contribution in [-0.2, 0) is 13.0 Å². The van der Waals surface area contributed by atoms with Crippen LogP contribution in [0.2, 0.25) is 0 Å². The number of aliphatic imine (C=N–C) groups is 1. The fourth-order valence-corrected chi connectivity index (χ4v) is 4.88. The van der Waals surface area contributed by atoms with Crippen molar-refractivity contribution in [3.05, 3.63) is 35.0 Å². The number of hydrogen-bond acceptors (Lipinski definition) is 2. The van der Waals surface area contributed by atoms with Gasteiger partial charge in [0.05, 0.1) is 5.69 Å². The molecule has 0 saturated heterocycles. The lowest BCUT2D eigenvalue weighted by Crippen LogP contribution is -2.39. The number of fused-ring (bicyclic) bond motifs is 3. The fourth-order valence-electron chi connectivity index (χ4n) is 4.88. The molecule has 3 heterocycles. The van der Waals surface area contributed by atoms with Crippen LogP contribution >= 0.6 is 12.4 Å². The topological polar surface area (TPSA) is 20.5 Å². The van der Waals surface area contributed by atoms with Crippen LogP contribution in [0.4, 0.5) is 0 Å². The van der Waals surface area contributed by atoms with Gasteiger partial charge in [0.2, 0.25) is 0 Å². The minimum atomic E-state index is 0. The number of rotatable bonds is 1. The predicted molar refractivity (Wildman–Crippen MR) is 103 cm³/mol. The van der Waals surface area contributed by atoms with E-state index >= 15 is 0 Å². The predicted octanol–water partition coefficient (Wildman–Crippen LogP) is 4.36. The van der Waals surface area contributed by atoms with Crippen molar-refractivity contribution in [1.82, 2.24) is 9.47 Å². The van der Waals surface area contributed by atoms with Crippen LogP contribution < -0.4 is 0 Å². The number of amidine groups is 1. The Balaban J connectivity index is 0.00000146. The van der Waals surface area contributed by atoms with Crippen LogP contribution in [0.15, 0.2) is 23.2 Å². The Labute approximate surface area is 150 Å². The molecule has 1 aromatic heterocycles. The van der Waals surface area contributed by atoms with E-state index < -0.39 is 0 Å². The molecular formula is C20H26ClN3. The third-order valence-corrected chi connectivity index (χ3v) is 6.12. The van der Waals surface area contributed by atoms with Crippen LogP contribution in [0, 0.1) is 0 Å². The zero-order chi connectivity index (χ0) is 15.4. The average molecular weight is 344 g/mol. The maximum absolute atomic E-state index is 4.81. The summed E-state index contributed by atoms with van der Waals surface area (Å²) < 4.78 is 2.52. The summed E-state index contributed by atoms with van der Waals surface area (Å²) in [4.78, 5) is 7.14. The summed E-state index contributed by atoms with van der Waals surface area (Å²) in [5.41, 5.74) is 5.96. The van der Waals surface area contributed by atoms with Crippen molar-refractivity contribution in [2.24, 2.45) is 4.99 Å². The SMILES string of the molecule is CN1CCn2c3c(c4cc(C5CCCCC5)ccc42)CCN=C31.Cl. The molecule has 3 aliphatic rings. The highest BCUT2D eigenvalue weighted by Crippen LogP contribution is 2.37. The molecule has 5 rings (SSSR count). The summed E-state index contributed by atoms with van der Waals surface area (Å²) in [6, 6.07) is 7.32. The van der Waals surface area contributed by atoms with Crippen molar-refractivity contribution in [3.63, 3.8) is 0 Å². The number of halogens is 1. The van der Waals surface area contributed by atoms with Crippen LogP contribution in [0.25, 0.3) is 10.9 Å². The maximum Gasteiger partial charge on any atom is 0.148 e. The number of nitrogens with zero attached hydrogens (tertiary/aromatic N) is 3. The zero-order valence-electron chi connectivity index (χ0n) is 14.4. The molecule has 2 aliphatic heterocycles. The highest BCUT2D eigenvalue weighted by Gasteiger charge is 2.29. The largest absolute Gasteiger partial charge is 0.356 e. The first-order valence-corrected chi connectivity index (χ1v) is 9.24. The third-order valence-electron chi connectivity index (χ3n) is 6.12. The minimum Gasteiger partial charge on any atom is -0.356 e. The van der Waals surface area contributed by atoms with E-state index in [4.69, 9.17) is 4.99 Å². The van der Waals surface area contributed by atoms with Crippen LogP contribution in [0.5, 0.6) is 0 Å². The fraction of sp³-hybridized carbons (Fsp3) is 0.550. The highest BCUT2D eigenvalue weighted by molar-refractivity contribution is 6.06. The van der Waals surface area contributed by atoms with Gasteiger partial charge < -0.3 is 9.47 Å². The molecule has 24 heavy (non-hydrogen) atoms. The Kier molecular flexibility index (Phi) is 4.07. The number of likely N-dealkylation sites (N-methyl/N-ethyl adjacent to an activating group) is 1. The molecule has 0 spiro atoms.